The van der Waals surface area contributed by atoms with Gasteiger partial charge in [-0.1, -0.05) is 30.3 Å². The fourth-order valence-electron chi connectivity index (χ4n) is 3.21. The van der Waals surface area contributed by atoms with Crippen LogP contribution in [0.15, 0.2) is 54.6 Å². The monoisotopic (exact) mass is 339 g/mol. The Balaban J connectivity index is 1.45. The second-order valence-electron chi connectivity index (χ2n) is 6.24. The molecular formula is C20H25N3O2. The Labute approximate surface area is 149 Å². The summed E-state index contributed by atoms with van der Waals surface area (Å²) in [5.74, 6) is 0.815. The van der Waals surface area contributed by atoms with E-state index in [1.807, 2.05) is 30.3 Å². The van der Waals surface area contributed by atoms with Crippen molar-refractivity contribution in [1.29, 1.82) is 0 Å². The fraction of sp³-hybridized carbons (Fsp3) is 0.350. The van der Waals surface area contributed by atoms with Gasteiger partial charge in [-0.05, 0) is 42.7 Å². The molecule has 25 heavy (non-hydrogen) atoms. The zero-order valence-corrected chi connectivity index (χ0v) is 14.6. The van der Waals surface area contributed by atoms with E-state index in [2.05, 4.69) is 39.8 Å². The third-order valence-electron chi connectivity index (χ3n) is 4.58. The average molecular weight is 339 g/mol. The van der Waals surface area contributed by atoms with E-state index in [0.29, 0.717) is 19.1 Å². The van der Waals surface area contributed by atoms with E-state index in [1.54, 1.807) is 7.11 Å². The Hall–Kier alpha value is -2.69. The molecule has 0 bridgehead atoms. The molecule has 1 unspecified atom stereocenters. The summed E-state index contributed by atoms with van der Waals surface area (Å²) in [5.41, 5.74) is 2.27. The van der Waals surface area contributed by atoms with Gasteiger partial charge in [-0.15, -0.1) is 0 Å². The Morgan fingerprint density at radius 3 is 2.60 bits per heavy atom. The number of ether oxygens (including phenoxy) is 1. The topological polar surface area (TPSA) is 53.6 Å². The number of carbonyl (C=O) groups is 1. The predicted octanol–water partition coefficient (Wildman–Crippen LogP) is 3.16. The number of nitrogens with zero attached hydrogens (tertiary/aromatic N) is 1. The molecule has 1 aliphatic heterocycles. The number of methoxy groups -OCH3 is 1. The van der Waals surface area contributed by atoms with Crippen LogP contribution in [-0.4, -0.2) is 32.3 Å². The van der Waals surface area contributed by atoms with Gasteiger partial charge in [0, 0.05) is 31.4 Å². The molecule has 0 aliphatic carbocycles. The van der Waals surface area contributed by atoms with Gasteiger partial charge in [-0.3, -0.25) is 0 Å². The molecule has 2 amide bonds. The maximum atomic E-state index is 12.1. The van der Waals surface area contributed by atoms with Crippen LogP contribution in [0.4, 0.5) is 10.5 Å². The van der Waals surface area contributed by atoms with E-state index in [4.69, 9.17) is 4.74 Å². The van der Waals surface area contributed by atoms with Crippen LogP contribution in [0, 0.1) is 0 Å². The summed E-state index contributed by atoms with van der Waals surface area (Å²) in [5, 5.41) is 5.91. The minimum absolute atomic E-state index is 0.129. The van der Waals surface area contributed by atoms with Crippen molar-refractivity contribution < 1.29 is 9.53 Å². The van der Waals surface area contributed by atoms with Gasteiger partial charge in [0.25, 0.3) is 0 Å². The van der Waals surface area contributed by atoms with Crippen LogP contribution in [0.1, 0.15) is 18.4 Å². The van der Waals surface area contributed by atoms with E-state index in [-0.39, 0.29) is 6.03 Å². The number of hydrogen-bond donors (Lipinski definition) is 2. The molecule has 2 N–H and O–H groups in total. The molecule has 3 rings (SSSR count). The molecule has 1 heterocycles. The molecule has 1 saturated heterocycles. The second kappa shape index (κ2) is 8.42. The van der Waals surface area contributed by atoms with Gasteiger partial charge in [0.15, 0.2) is 0 Å². The van der Waals surface area contributed by atoms with Crippen LogP contribution >= 0.6 is 0 Å². The van der Waals surface area contributed by atoms with E-state index in [9.17, 15) is 4.79 Å². The first-order valence-electron chi connectivity index (χ1n) is 8.72. The van der Waals surface area contributed by atoms with Crippen LogP contribution < -0.4 is 20.3 Å². The summed E-state index contributed by atoms with van der Waals surface area (Å²) >= 11 is 0. The summed E-state index contributed by atoms with van der Waals surface area (Å²) in [4.78, 5) is 14.5. The maximum absolute atomic E-state index is 12.1. The van der Waals surface area contributed by atoms with Crippen molar-refractivity contribution >= 4 is 11.7 Å². The minimum atomic E-state index is -0.129. The fourth-order valence-corrected chi connectivity index (χ4v) is 3.21. The van der Waals surface area contributed by atoms with Crippen LogP contribution in [-0.2, 0) is 6.54 Å². The van der Waals surface area contributed by atoms with Gasteiger partial charge in [-0.25, -0.2) is 4.79 Å². The summed E-state index contributed by atoms with van der Waals surface area (Å²) in [7, 11) is 1.64. The first-order chi connectivity index (χ1) is 12.3. The lowest BCUT2D eigenvalue weighted by Crippen LogP contribution is -2.43. The van der Waals surface area contributed by atoms with Gasteiger partial charge in [0.1, 0.15) is 5.75 Å². The second-order valence-corrected chi connectivity index (χ2v) is 6.24. The summed E-state index contributed by atoms with van der Waals surface area (Å²) in [6.45, 7) is 2.20. The standard InChI is InChI=1S/C20H25N3O2/c1-25-19-11-9-16(10-12-19)14-21-20(24)22-15-18-8-5-13-23(18)17-6-3-2-4-7-17/h2-4,6-7,9-12,18H,5,8,13-15H2,1H3,(H2,21,22,24). The first-order valence-corrected chi connectivity index (χ1v) is 8.72. The van der Waals surface area contributed by atoms with Crippen LogP contribution in [0.5, 0.6) is 5.75 Å². The molecule has 1 aliphatic rings. The highest BCUT2D eigenvalue weighted by atomic mass is 16.5. The number of para-hydroxylation sites is 1. The van der Waals surface area contributed by atoms with Crippen molar-refractivity contribution in [2.45, 2.75) is 25.4 Å². The van der Waals surface area contributed by atoms with Crippen molar-refractivity contribution in [3.8, 4) is 5.75 Å². The van der Waals surface area contributed by atoms with Gasteiger partial charge in [0.2, 0.25) is 0 Å². The highest BCUT2D eigenvalue weighted by Gasteiger charge is 2.24. The van der Waals surface area contributed by atoms with Crippen LogP contribution in [0.2, 0.25) is 0 Å². The Kier molecular flexibility index (Phi) is 5.77. The van der Waals surface area contributed by atoms with E-state index in [0.717, 1.165) is 30.7 Å². The van der Waals surface area contributed by atoms with E-state index < -0.39 is 0 Å². The van der Waals surface area contributed by atoms with Crippen LogP contribution in [0.25, 0.3) is 0 Å². The van der Waals surface area contributed by atoms with Crippen LogP contribution in [0.3, 0.4) is 0 Å². The third-order valence-corrected chi connectivity index (χ3v) is 4.58. The van der Waals surface area contributed by atoms with Crippen molar-refractivity contribution in [2.24, 2.45) is 0 Å². The van der Waals surface area contributed by atoms with Crippen molar-refractivity contribution in [1.82, 2.24) is 10.6 Å². The molecule has 0 saturated carbocycles. The molecule has 0 radical (unpaired) electrons. The SMILES string of the molecule is COc1ccc(CNC(=O)NCC2CCCN2c2ccccc2)cc1. The predicted molar refractivity (Wildman–Crippen MR) is 100 cm³/mol. The van der Waals surface area contributed by atoms with Gasteiger partial charge in [0.05, 0.1) is 7.11 Å². The lowest BCUT2D eigenvalue weighted by Gasteiger charge is -2.27. The molecule has 132 valence electrons. The first kappa shape index (κ1) is 17.1. The van der Waals surface area contributed by atoms with Gasteiger partial charge in [-0.2, -0.15) is 0 Å². The van der Waals surface area contributed by atoms with Gasteiger partial charge < -0.3 is 20.3 Å². The molecule has 2 aromatic rings. The number of nitrogens with one attached hydrogen (secondary N) is 2. The minimum Gasteiger partial charge on any atom is -0.497 e. The summed E-state index contributed by atoms with van der Waals surface area (Å²) in [6.07, 6.45) is 2.27. The smallest absolute Gasteiger partial charge is 0.315 e. The summed E-state index contributed by atoms with van der Waals surface area (Å²) in [6, 6.07) is 18.3. The van der Waals surface area contributed by atoms with E-state index in [1.165, 1.54) is 5.69 Å². The van der Waals surface area contributed by atoms with Gasteiger partial charge >= 0.3 is 6.03 Å². The molecule has 5 nitrogen and oxygen atoms in total. The largest absolute Gasteiger partial charge is 0.497 e. The normalized spacial score (nSPS) is 16.5. The summed E-state index contributed by atoms with van der Waals surface area (Å²) < 4.78 is 5.13. The zero-order chi connectivity index (χ0) is 17.5. The van der Waals surface area contributed by atoms with Crippen molar-refractivity contribution in [2.75, 3.05) is 25.1 Å². The zero-order valence-electron chi connectivity index (χ0n) is 14.6. The highest BCUT2D eigenvalue weighted by molar-refractivity contribution is 5.74. The number of anilines is 1. The van der Waals surface area contributed by atoms with E-state index >= 15 is 0 Å². The number of benzene rings is 2. The number of carbonyl (C=O) groups excluding carboxylic acids is 1. The molecule has 2 aromatic carbocycles. The molecule has 1 fully saturated rings. The number of urea groups is 1. The average Bonchev–Trinajstić information content (AvgIpc) is 3.14. The highest BCUT2D eigenvalue weighted by Crippen LogP contribution is 2.24. The molecule has 0 spiro atoms. The Morgan fingerprint density at radius 2 is 1.88 bits per heavy atom. The van der Waals surface area contributed by atoms with Crippen molar-refractivity contribution in [3.63, 3.8) is 0 Å². The number of rotatable bonds is 6. The lowest BCUT2D eigenvalue weighted by atomic mass is 10.2. The quantitative estimate of drug-likeness (QED) is 0.850. The Bertz CT molecular complexity index is 673. The maximum Gasteiger partial charge on any atom is 0.315 e. The Morgan fingerprint density at radius 1 is 1.12 bits per heavy atom. The lowest BCUT2D eigenvalue weighted by molar-refractivity contribution is 0.240. The molecule has 5 heteroatoms. The molecular weight excluding hydrogens is 314 g/mol. The van der Waals surface area contributed by atoms with Crippen molar-refractivity contribution in [3.05, 3.63) is 60.2 Å². The number of amides is 2. The third kappa shape index (κ3) is 4.66. The number of hydrogen-bond acceptors (Lipinski definition) is 3. The molecule has 1 atom stereocenters. The molecule has 0 aromatic heterocycles.